The number of hydrogen-bond donors (Lipinski definition) is 1. The van der Waals surface area contributed by atoms with Gasteiger partial charge in [-0.15, -0.1) is 0 Å². The first-order valence-electron chi connectivity index (χ1n) is 7.34. The van der Waals surface area contributed by atoms with E-state index in [1.807, 2.05) is 19.2 Å². The number of ether oxygens (including phenoxy) is 1. The molecule has 4 heteroatoms. The summed E-state index contributed by atoms with van der Waals surface area (Å²) in [6.45, 7) is 4.29. The van der Waals surface area contributed by atoms with Gasteiger partial charge in [-0.2, -0.15) is 0 Å². The number of hydrogen-bond acceptors (Lipinski definition) is 3. The largest absolute Gasteiger partial charge is 0.383 e. The van der Waals surface area contributed by atoms with Gasteiger partial charge in [0.25, 0.3) is 0 Å². The Labute approximate surface area is 121 Å². The highest BCUT2D eigenvalue weighted by molar-refractivity contribution is 5.49. The van der Waals surface area contributed by atoms with Crippen LogP contribution >= 0.6 is 0 Å². The summed E-state index contributed by atoms with van der Waals surface area (Å²) in [4.78, 5) is 2.06. The molecule has 2 rings (SSSR count). The van der Waals surface area contributed by atoms with Crippen LogP contribution in [0.3, 0.4) is 0 Å². The number of anilines is 1. The van der Waals surface area contributed by atoms with E-state index in [9.17, 15) is 4.39 Å². The second-order valence-corrected chi connectivity index (χ2v) is 5.64. The standard InChI is InChI=1S/C16H25FN2O/c1-12(14-5-6-14)19(2)16-7-4-13(10-15(16)17)11-18-8-9-20-3/h4,7,10,12,14,18H,5-6,8-9,11H2,1-3H3. The van der Waals surface area contributed by atoms with E-state index >= 15 is 0 Å². The van der Waals surface area contributed by atoms with E-state index in [4.69, 9.17) is 4.74 Å². The smallest absolute Gasteiger partial charge is 0.146 e. The molecule has 0 saturated heterocycles. The fourth-order valence-corrected chi connectivity index (χ4v) is 2.47. The summed E-state index contributed by atoms with van der Waals surface area (Å²) in [5.41, 5.74) is 1.67. The van der Waals surface area contributed by atoms with Gasteiger partial charge in [-0.05, 0) is 43.4 Å². The minimum Gasteiger partial charge on any atom is -0.383 e. The molecule has 0 heterocycles. The molecule has 20 heavy (non-hydrogen) atoms. The maximum absolute atomic E-state index is 14.2. The summed E-state index contributed by atoms with van der Waals surface area (Å²) in [5.74, 6) is 0.598. The highest BCUT2D eigenvalue weighted by Crippen LogP contribution is 2.36. The highest BCUT2D eigenvalue weighted by atomic mass is 19.1. The third kappa shape index (κ3) is 3.93. The van der Waals surface area contributed by atoms with E-state index in [1.165, 1.54) is 12.8 Å². The van der Waals surface area contributed by atoms with Crippen molar-refractivity contribution in [3.05, 3.63) is 29.6 Å². The van der Waals surface area contributed by atoms with Crippen molar-refractivity contribution in [2.45, 2.75) is 32.4 Å². The number of benzene rings is 1. The quantitative estimate of drug-likeness (QED) is 0.741. The van der Waals surface area contributed by atoms with Gasteiger partial charge < -0.3 is 15.0 Å². The summed E-state index contributed by atoms with van der Waals surface area (Å²) in [6.07, 6.45) is 2.54. The molecule has 3 nitrogen and oxygen atoms in total. The molecule has 112 valence electrons. The average Bonchev–Trinajstić information content (AvgIpc) is 3.27. The Balaban J connectivity index is 1.94. The Morgan fingerprint density at radius 3 is 2.80 bits per heavy atom. The molecule has 1 saturated carbocycles. The SMILES string of the molecule is COCCNCc1ccc(N(C)C(C)C2CC2)c(F)c1. The summed E-state index contributed by atoms with van der Waals surface area (Å²) in [7, 11) is 3.66. The number of rotatable bonds is 8. The molecule has 1 aliphatic carbocycles. The Morgan fingerprint density at radius 1 is 1.45 bits per heavy atom. The van der Waals surface area contributed by atoms with E-state index < -0.39 is 0 Å². The van der Waals surface area contributed by atoms with Gasteiger partial charge in [-0.1, -0.05) is 6.07 Å². The minimum atomic E-state index is -0.133. The second kappa shape index (κ2) is 7.04. The zero-order chi connectivity index (χ0) is 14.5. The van der Waals surface area contributed by atoms with Gasteiger partial charge in [0.2, 0.25) is 0 Å². The van der Waals surface area contributed by atoms with Gasteiger partial charge in [-0.3, -0.25) is 0 Å². The van der Waals surface area contributed by atoms with Crippen LogP contribution in [-0.4, -0.2) is 33.4 Å². The van der Waals surface area contributed by atoms with E-state index in [0.29, 0.717) is 24.9 Å². The third-order valence-corrected chi connectivity index (χ3v) is 4.12. The van der Waals surface area contributed by atoms with Crippen molar-refractivity contribution in [2.24, 2.45) is 5.92 Å². The molecule has 0 aliphatic heterocycles. The lowest BCUT2D eigenvalue weighted by atomic mass is 10.1. The van der Waals surface area contributed by atoms with Crippen LogP contribution in [0.1, 0.15) is 25.3 Å². The van der Waals surface area contributed by atoms with Crippen molar-refractivity contribution in [1.82, 2.24) is 5.32 Å². The normalized spacial score (nSPS) is 16.2. The molecular formula is C16H25FN2O. The molecule has 0 amide bonds. The maximum atomic E-state index is 14.2. The van der Waals surface area contributed by atoms with Crippen molar-refractivity contribution < 1.29 is 9.13 Å². The molecule has 1 aromatic rings. The number of halogens is 1. The van der Waals surface area contributed by atoms with Crippen LogP contribution < -0.4 is 10.2 Å². The first-order chi connectivity index (χ1) is 9.63. The summed E-state index contributed by atoms with van der Waals surface area (Å²) < 4.78 is 19.2. The fraction of sp³-hybridized carbons (Fsp3) is 0.625. The highest BCUT2D eigenvalue weighted by Gasteiger charge is 2.31. The van der Waals surface area contributed by atoms with Crippen molar-refractivity contribution in [3.8, 4) is 0 Å². The first-order valence-corrected chi connectivity index (χ1v) is 7.34. The Hall–Kier alpha value is -1.13. The van der Waals surface area contributed by atoms with Crippen LogP contribution in [0.2, 0.25) is 0 Å². The van der Waals surface area contributed by atoms with Gasteiger partial charge in [0, 0.05) is 33.3 Å². The lowest BCUT2D eigenvalue weighted by Crippen LogP contribution is -2.31. The van der Waals surface area contributed by atoms with E-state index in [-0.39, 0.29) is 5.82 Å². The van der Waals surface area contributed by atoms with Crippen LogP contribution in [0, 0.1) is 11.7 Å². The summed E-state index contributed by atoms with van der Waals surface area (Å²) in [6, 6.07) is 5.93. The predicted octanol–water partition coefficient (Wildman–Crippen LogP) is 2.80. The molecule has 1 fully saturated rings. The lowest BCUT2D eigenvalue weighted by molar-refractivity contribution is 0.199. The van der Waals surface area contributed by atoms with Crippen molar-refractivity contribution >= 4 is 5.69 Å². The third-order valence-electron chi connectivity index (χ3n) is 4.12. The van der Waals surface area contributed by atoms with Crippen LogP contribution in [0.4, 0.5) is 10.1 Å². The van der Waals surface area contributed by atoms with Crippen LogP contribution in [0.15, 0.2) is 18.2 Å². The fourth-order valence-electron chi connectivity index (χ4n) is 2.47. The van der Waals surface area contributed by atoms with Crippen LogP contribution in [0.5, 0.6) is 0 Å². The molecule has 0 bridgehead atoms. The zero-order valence-electron chi connectivity index (χ0n) is 12.7. The molecule has 1 aliphatic rings. The summed E-state index contributed by atoms with van der Waals surface area (Å²) in [5, 5.41) is 3.22. The monoisotopic (exact) mass is 280 g/mol. The van der Waals surface area contributed by atoms with Crippen molar-refractivity contribution in [1.29, 1.82) is 0 Å². The molecule has 1 unspecified atom stereocenters. The minimum absolute atomic E-state index is 0.133. The molecule has 0 spiro atoms. The topological polar surface area (TPSA) is 24.5 Å². The van der Waals surface area contributed by atoms with Gasteiger partial charge in [-0.25, -0.2) is 4.39 Å². The molecule has 0 aromatic heterocycles. The summed E-state index contributed by atoms with van der Waals surface area (Å²) >= 11 is 0. The van der Waals surface area contributed by atoms with Crippen LogP contribution in [0.25, 0.3) is 0 Å². The van der Waals surface area contributed by atoms with Gasteiger partial charge in [0.15, 0.2) is 0 Å². The Kier molecular flexibility index (Phi) is 5.38. The second-order valence-electron chi connectivity index (χ2n) is 5.64. The zero-order valence-corrected chi connectivity index (χ0v) is 12.7. The molecule has 1 N–H and O–H groups in total. The molecular weight excluding hydrogens is 255 g/mol. The van der Waals surface area contributed by atoms with Gasteiger partial charge >= 0.3 is 0 Å². The van der Waals surface area contributed by atoms with Gasteiger partial charge in [0.05, 0.1) is 12.3 Å². The molecule has 1 aromatic carbocycles. The lowest BCUT2D eigenvalue weighted by Gasteiger charge is -2.27. The van der Waals surface area contributed by atoms with Crippen molar-refractivity contribution in [3.63, 3.8) is 0 Å². The Morgan fingerprint density at radius 2 is 2.20 bits per heavy atom. The average molecular weight is 280 g/mol. The van der Waals surface area contributed by atoms with Crippen LogP contribution in [-0.2, 0) is 11.3 Å². The maximum Gasteiger partial charge on any atom is 0.146 e. The predicted molar refractivity (Wildman–Crippen MR) is 80.6 cm³/mol. The molecule has 1 atom stereocenters. The van der Waals surface area contributed by atoms with Gasteiger partial charge in [0.1, 0.15) is 5.82 Å². The van der Waals surface area contributed by atoms with Crippen molar-refractivity contribution in [2.75, 3.05) is 32.2 Å². The molecule has 0 radical (unpaired) electrons. The number of nitrogens with zero attached hydrogens (tertiary/aromatic N) is 1. The number of methoxy groups -OCH3 is 1. The first kappa shape index (κ1) is 15.3. The van der Waals surface area contributed by atoms with E-state index in [0.717, 1.165) is 18.0 Å². The Bertz CT molecular complexity index is 434. The van der Waals surface area contributed by atoms with E-state index in [2.05, 4.69) is 17.1 Å². The van der Waals surface area contributed by atoms with E-state index in [1.54, 1.807) is 13.2 Å². The number of nitrogens with one attached hydrogen (secondary N) is 1.